The van der Waals surface area contributed by atoms with Gasteiger partial charge in [0.05, 0.1) is 12.4 Å². The smallest absolute Gasteiger partial charge is 0.402 e. The Balaban J connectivity index is 2.71. The summed E-state index contributed by atoms with van der Waals surface area (Å²) in [4.78, 5) is 7.05. The van der Waals surface area contributed by atoms with Crippen molar-refractivity contribution < 1.29 is 17.9 Å². The summed E-state index contributed by atoms with van der Waals surface area (Å²) in [6, 6.07) is 0. The van der Waals surface area contributed by atoms with Crippen molar-refractivity contribution in [2.45, 2.75) is 13.3 Å². The topological polar surface area (TPSA) is 35.0 Å². The Labute approximate surface area is 66.2 Å². The molecule has 66 valence electrons. The second-order valence-corrected chi connectivity index (χ2v) is 2.01. The minimum Gasteiger partial charge on any atom is -0.402 e. The monoisotopic (exact) mass is 178 g/mol. The van der Waals surface area contributed by atoms with E-state index < -0.39 is 12.1 Å². The van der Waals surface area contributed by atoms with Crippen LogP contribution in [0.25, 0.3) is 0 Å². The molecule has 0 radical (unpaired) electrons. The molecule has 0 aliphatic carbocycles. The van der Waals surface area contributed by atoms with Crippen LogP contribution in [-0.4, -0.2) is 16.3 Å². The molecule has 0 N–H and O–H groups in total. The van der Waals surface area contributed by atoms with E-state index >= 15 is 0 Å². The fourth-order valence-electron chi connectivity index (χ4n) is 0.567. The van der Waals surface area contributed by atoms with Crippen molar-refractivity contribution in [1.82, 2.24) is 9.97 Å². The molecule has 0 spiro atoms. The summed E-state index contributed by atoms with van der Waals surface area (Å²) in [5.41, 5.74) is 0. The minimum absolute atomic E-state index is 0.393. The number of hydrogen-bond donors (Lipinski definition) is 0. The van der Waals surface area contributed by atoms with Crippen LogP contribution in [0.2, 0.25) is 0 Å². The van der Waals surface area contributed by atoms with Gasteiger partial charge in [0.1, 0.15) is 5.82 Å². The van der Waals surface area contributed by atoms with Gasteiger partial charge in [-0.15, -0.1) is 13.2 Å². The summed E-state index contributed by atoms with van der Waals surface area (Å²) in [6.07, 6.45) is -2.75. The standard InChI is InChI=1S/C6H5F3N2O/c1-4-10-2-5(3-11-4)12-6(7,8)9/h2-3H,1H3. The molecule has 1 aromatic rings. The largest absolute Gasteiger partial charge is 0.573 e. The maximum atomic E-state index is 11.6. The fourth-order valence-corrected chi connectivity index (χ4v) is 0.567. The molecular formula is C6H5F3N2O. The predicted octanol–water partition coefficient (Wildman–Crippen LogP) is 1.68. The average Bonchev–Trinajstić information content (AvgIpc) is 1.91. The Morgan fingerprint density at radius 1 is 1.25 bits per heavy atom. The third-order valence-electron chi connectivity index (χ3n) is 0.991. The maximum absolute atomic E-state index is 11.6. The molecule has 0 aliphatic rings. The molecule has 1 heterocycles. The van der Waals surface area contributed by atoms with Crippen LogP contribution in [0, 0.1) is 6.92 Å². The number of aromatic nitrogens is 2. The highest BCUT2D eigenvalue weighted by atomic mass is 19.4. The average molecular weight is 178 g/mol. The molecule has 0 amide bonds. The van der Waals surface area contributed by atoms with Gasteiger partial charge in [0.15, 0.2) is 5.75 Å². The highest BCUT2D eigenvalue weighted by Crippen LogP contribution is 2.20. The van der Waals surface area contributed by atoms with E-state index in [1.807, 2.05) is 0 Å². The molecule has 12 heavy (non-hydrogen) atoms. The van der Waals surface area contributed by atoms with Gasteiger partial charge in [-0.3, -0.25) is 0 Å². The SMILES string of the molecule is Cc1ncc(OC(F)(F)F)cn1. The van der Waals surface area contributed by atoms with Crippen molar-refractivity contribution in [1.29, 1.82) is 0 Å². The van der Waals surface area contributed by atoms with Gasteiger partial charge in [-0.25, -0.2) is 9.97 Å². The molecule has 3 nitrogen and oxygen atoms in total. The van der Waals surface area contributed by atoms with Crippen molar-refractivity contribution in [3.8, 4) is 5.75 Å². The van der Waals surface area contributed by atoms with E-state index in [0.29, 0.717) is 5.82 Å². The normalized spacial score (nSPS) is 11.3. The lowest BCUT2D eigenvalue weighted by molar-refractivity contribution is -0.274. The van der Waals surface area contributed by atoms with E-state index in [1.165, 1.54) is 0 Å². The Kier molecular flexibility index (Phi) is 2.16. The van der Waals surface area contributed by atoms with E-state index in [1.54, 1.807) is 6.92 Å². The Hall–Kier alpha value is -1.33. The van der Waals surface area contributed by atoms with Crippen LogP contribution in [0.4, 0.5) is 13.2 Å². The molecule has 1 aromatic heterocycles. The van der Waals surface area contributed by atoms with E-state index in [0.717, 1.165) is 12.4 Å². The first-order valence-corrected chi connectivity index (χ1v) is 3.02. The second kappa shape index (κ2) is 2.96. The van der Waals surface area contributed by atoms with Crippen LogP contribution in [-0.2, 0) is 0 Å². The number of alkyl halides is 3. The first-order valence-electron chi connectivity index (χ1n) is 3.02. The van der Waals surface area contributed by atoms with Crippen LogP contribution in [0.15, 0.2) is 12.4 Å². The summed E-state index contributed by atoms with van der Waals surface area (Å²) in [6.45, 7) is 1.57. The number of halogens is 3. The van der Waals surface area contributed by atoms with E-state index in [9.17, 15) is 13.2 Å². The lowest BCUT2D eigenvalue weighted by Crippen LogP contribution is -2.17. The molecule has 0 unspecified atom stereocenters. The molecule has 0 atom stereocenters. The van der Waals surface area contributed by atoms with Crippen molar-refractivity contribution in [2.24, 2.45) is 0 Å². The molecule has 0 saturated carbocycles. The van der Waals surface area contributed by atoms with Gasteiger partial charge in [-0.1, -0.05) is 0 Å². The summed E-state index contributed by atoms with van der Waals surface area (Å²) < 4.78 is 38.2. The third kappa shape index (κ3) is 2.73. The van der Waals surface area contributed by atoms with Crippen LogP contribution in [0.3, 0.4) is 0 Å². The predicted molar refractivity (Wildman–Crippen MR) is 33.5 cm³/mol. The Morgan fingerprint density at radius 3 is 2.17 bits per heavy atom. The first-order chi connectivity index (χ1) is 5.47. The maximum Gasteiger partial charge on any atom is 0.573 e. The summed E-state index contributed by atoms with van der Waals surface area (Å²) in [7, 11) is 0. The molecule has 1 rings (SSSR count). The third-order valence-corrected chi connectivity index (χ3v) is 0.991. The summed E-state index contributed by atoms with van der Waals surface area (Å²) in [5.74, 6) is -0.0161. The molecule has 6 heteroatoms. The van der Waals surface area contributed by atoms with Crippen molar-refractivity contribution in [2.75, 3.05) is 0 Å². The molecule has 0 bridgehead atoms. The minimum atomic E-state index is -4.68. The van der Waals surface area contributed by atoms with Crippen LogP contribution >= 0.6 is 0 Å². The van der Waals surface area contributed by atoms with E-state index in [4.69, 9.17) is 0 Å². The quantitative estimate of drug-likeness (QED) is 0.656. The van der Waals surface area contributed by atoms with Crippen LogP contribution in [0.1, 0.15) is 5.82 Å². The van der Waals surface area contributed by atoms with Crippen molar-refractivity contribution in [3.63, 3.8) is 0 Å². The number of nitrogens with zero attached hydrogens (tertiary/aromatic N) is 2. The molecule has 0 aromatic carbocycles. The van der Waals surface area contributed by atoms with Gasteiger partial charge in [-0.2, -0.15) is 0 Å². The Morgan fingerprint density at radius 2 is 1.75 bits per heavy atom. The van der Waals surface area contributed by atoms with Gasteiger partial charge in [0, 0.05) is 0 Å². The van der Waals surface area contributed by atoms with Gasteiger partial charge >= 0.3 is 6.36 Å². The van der Waals surface area contributed by atoms with Gasteiger partial charge in [-0.05, 0) is 6.92 Å². The lowest BCUT2D eigenvalue weighted by atomic mass is 10.6. The summed E-state index contributed by atoms with van der Waals surface area (Å²) >= 11 is 0. The Bertz CT molecular complexity index is 256. The van der Waals surface area contributed by atoms with E-state index in [-0.39, 0.29) is 0 Å². The van der Waals surface area contributed by atoms with Crippen LogP contribution in [0.5, 0.6) is 5.75 Å². The van der Waals surface area contributed by atoms with Crippen molar-refractivity contribution in [3.05, 3.63) is 18.2 Å². The zero-order chi connectivity index (χ0) is 9.19. The lowest BCUT2D eigenvalue weighted by Gasteiger charge is -2.06. The first kappa shape index (κ1) is 8.76. The second-order valence-electron chi connectivity index (χ2n) is 2.01. The molecule has 0 saturated heterocycles. The number of ether oxygens (including phenoxy) is 1. The van der Waals surface area contributed by atoms with Gasteiger partial charge in [0.2, 0.25) is 0 Å². The molecule has 0 fully saturated rings. The number of aryl methyl sites for hydroxylation is 1. The molecule has 0 aliphatic heterocycles. The fraction of sp³-hybridized carbons (Fsp3) is 0.333. The highest BCUT2D eigenvalue weighted by molar-refractivity contribution is 5.11. The summed E-state index contributed by atoms with van der Waals surface area (Å²) in [5, 5.41) is 0. The zero-order valence-corrected chi connectivity index (χ0v) is 6.09. The zero-order valence-electron chi connectivity index (χ0n) is 6.09. The number of rotatable bonds is 1. The van der Waals surface area contributed by atoms with Crippen LogP contribution < -0.4 is 4.74 Å². The van der Waals surface area contributed by atoms with Crippen molar-refractivity contribution >= 4 is 0 Å². The van der Waals surface area contributed by atoms with Gasteiger partial charge < -0.3 is 4.74 Å². The van der Waals surface area contributed by atoms with E-state index in [2.05, 4.69) is 14.7 Å². The van der Waals surface area contributed by atoms with Gasteiger partial charge in [0.25, 0.3) is 0 Å². The highest BCUT2D eigenvalue weighted by Gasteiger charge is 2.31. The number of hydrogen-bond acceptors (Lipinski definition) is 3. The molecular weight excluding hydrogens is 173 g/mol.